The Morgan fingerprint density at radius 3 is 2.27 bits per heavy atom. The molecule has 1 fully saturated rings. The van der Waals surface area contributed by atoms with Gasteiger partial charge in [0.1, 0.15) is 24.3 Å². The highest BCUT2D eigenvalue weighted by Gasteiger charge is 2.19. The van der Waals surface area contributed by atoms with Crippen molar-refractivity contribution >= 4 is 5.69 Å². The summed E-state index contributed by atoms with van der Waals surface area (Å²) < 4.78 is 18.7. The highest BCUT2D eigenvalue weighted by Crippen LogP contribution is 2.17. The molecule has 0 unspecified atom stereocenters. The van der Waals surface area contributed by atoms with Crippen molar-refractivity contribution < 1.29 is 14.2 Å². The maximum Gasteiger partial charge on any atom is 0.123 e. The number of aryl methyl sites for hydroxylation is 1. The summed E-state index contributed by atoms with van der Waals surface area (Å²) in [4.78, 5) is 4.49. The molecule has 3 rings (SSSR count). The second-order valence-corrected chi connectivity index (χ2v) is 6.73. The van der Waals surface area contributed by atoms with Gasteiger partial charge < -0.3 is 14.7 Å². The number of hydrogen-bond acceptors (Lipinski definition) is 4. The maximum atomic E-state index is 13.0. The highest BCUT2D eigenvalue weighted by atomic mass is 19.1. The van der Waals surface area contributed by atoms with Gasteiger partial charge >= 0.3 is 0 Å². The predicted octanol–water partition coefficient (Wildman–Crippen LogP) is 2.95. The van der Waals surface area contributed by atoms with Gasteiger partial charge in [-0.2, -0.15) is 0 Å². The smallest absolute Gasteiger partial charge is 0.123 e. The molecule has 0 aliphatic carbocycles. The van der Waals surface area contributed by atoms with Crippen LogP contribution in [0.1, 0.15) is 12.5 Å². The van der Waals surface area contributed by atoms with Gasteiger partial charge in [-0.1, -0.05) is 19.1 Å². The maximum absolute atomic E-state index is 13.0. The summed E-state index contributed by atoms with van der Waals surface area (Å²) in [5.41, 5.74) is 2.32. The Balaban J connectivity index is 1.40. The Morgan fingerprint density at radius 2 is 1.65 bits per heavy atom. The molecule has 1 atom stereocenters. The predicted molar refractivity (Wildman–Crippen MR) is 102 cm³/mol. The van der Waals surface area contributed by atoms with Crippen molar-refractivity contribution in [3.05, 3.63) is 59.9 Å². The number of benzene rings is 2. The number of nitrogens with zero attached hydrogens (tertiary/aromatic N) is 2. The third kappa shape index (κ3) is 5.19. The average Bonchev–Trinajstić information content (AvgIpc) is 2.68. The normalized spacial score (nSPS) is 16.5. The highest BCUT2D eigenvalue weighted by molar-refractivity contribution is 5.46. The van der Waals surface area contributed by atoms with Crippen molar-refractivity contribution in [1.82, 2.24) is 4.90 Å². The summed E-state index contributed by atoms with van der Waals surface area (Å²) in [6.45, 7) is 6.51. The molecule has 1 heterocycles. The third-order valence-electron chi connectivity index (χ3n) is 4.81. The SMILES string of the molecule is CCc1ccc(OC[C@@H](O)CN2CCN(c3ccc(F)cc3)CC2)cc1. The van der Waals surface area contributed by atoms with Gasteiger partial charge in [0.15, 0.2) is 0 Å². The first-order valence-electron chi connectivity index (χ1n) is 9.26. The molecule has 2 aromatic carbocycles. The number of rotatable bonds is 7. The number of ether oxygens (including phenoxy) is 1. The zero-order valence-corrected chi connectivity index (χ0v) is 15.3. The Kier molecular flexibility index (Phi) is 6.47. The first-order chi connectivity index (χ1) is 12.6. The zero-order valence-electron chi connectivity index (χ0n) is 15.3. The Morgan fingerprint density at radius 1 is 1.00 bits per heavy atom. The molecule has 1 saturated heterocycles. The fraction of sp³-hybridized carbons (Fsp3) is 0.429. The fourth-order valence-electron chi connectivity index (χ4n) is 3.21. The van der Waals surface area contributed by atoms with Crippen LogP contribution in [0.2, 0.25) is 0 Å². The van der Waals surface area contributed by atoms with Crippen molar-refractivity contribution in [2.75, 3.05) is 44.2 Å². The van der Waals surface area contributed by atoms with Crippen LogP contribution in [0, 0.1) is 5.82 Å². The summed E-state index contributed by atoms with van der Waals surface area (Å²) in [6, 6.07) is 14.6. The lowest BCUT2D eigenvalue weighted by Gasteiger charge is -2.36. The molecule has 1 aliphatic rings. The lowest BCUT2D eigenvalue weighted by molar-refractivity contribution is 0.0663. The monoisotopic (exact) mass is 358 g/mol. The van der Waals surface area contributed by atoms with E-state index in [9.17, 15) is 9.50 Å². The van der Waals surface area contributed by atoms with Crippen LogP contribution < -0.4 is 9.64 Å². The third-order valence-corrected chi connectivity index (χ3v) is 4.81. The van der Waals surface area contributed by atoms with Crippen LogP contribution in [-0.4, -0.2) is 55.4 Å². The number of piperazine rings is 1. The summed E-state index contributed by atoms with van der Waals surface area (Å²) in [7, 11) is 0. The van der Waals surface area contributed by atoms with E-state index in [0.29, 0.717) is 13.2 Å². The topological polar surface area (TPSA) is 35.9 Å². The minimum Gasteiger partial charge on any atom is -0.491 e. The summed E-state index contributed by atoms with van der Waals surface area (Å²) in [5, 5.41) is 10.3. The first kappa shape index (κ1) is 18.7. The largest absolute Gasteiger partial charge is 0.491 e. The molecule has 5 heteroatoms. The quantitative estimate of drug-likeness (QED) is 0.826. The van der Waals surface area contributed by atoms with E-state index in [1.165, 1.54) is 17.7 Å². The van der Waals surface area contributed by atoms with Crippen LogP contribution >= 0.6 is 0 Å². The molecule has 0 spiro atoms. The lowest BCUT2D eigenvalue weighted by atomic mass is 10.2. The van der Waals surface area contributed by atoms with Gasteiger partial charge in [-0.05, 0) is 48.4 Å². The van der Waals surface area contributed by atoms with Crippen LogP contribution in [0.25, 0.3) is 0 Å². The molecule has 140 valence electrons. The number of hydrogen-bond donors (Lipinski definition) is 1. The van der Waals surface area contributed by atoms with Gasteiger partial charge in [0.05, 0.1) is 0 Å². The number of anilines is 1. The number of β-amino-alcohol motifs (C(OH)–C–C–N with tert-alkyl or cyclic N) is 1. The molecule has 0 bridgehead atoms. The average molecular weight is 358 g/mol. The second-order valence-electron chi connectivity index (χ2n) is 6.73. The van der Waals surface area contributed by atoms with Crippen LogP contribution in [-0.2, 0) is 6.42 Å². The van der Waals surface area contributed by atoms with Crippen molar-refractivity contribution in [3.8, 4) is 5.75 Å². The van der Waals surface area contributed by atoms with Gasteiger partial charge in [-0.3, -0.25) is 4.90 Å². The molecule has 0 aromatic heterocycles. The van der Waals surface area contributed by atoms with Crippen molar-refractivity contribution in [2.45, 2.75) is 19.4 Å². The van der Waals surface area contributed by atoms with Crippen molar-refractivity contribution in [1.29, 1.82) is 0 Å². The molecule has 0 radical (unpaired) electrons. The summed E-state index contributed by atoms with van der Waals surface area (Å²) >= 11 is 0. The molecule has 0 saturated carbocycles. The standard InChI is InChI=1S/C21H27FN2O2/c1-2-17-3-9-21(10-4-17)26-16-20(25)15-23-11-13-24(14-12-23)19-7-5-18(22)6-8-19/h3-10,20,25H,2,11-16H2,1H3/t20-/m0/s1. The molecular weight excluding hydrogens is 331 g/mol. The van der Waals surface area contributed by atoms with E-state index in [1.807, 2.05) is 24.3 Å². The van der Waals surface area contributed by atoms with Gasteiger partial charge in [0.25, 0.3) is 0 Å². The molecule has 1 aliphatic heterocycles. The number of aliphatic hydroxyl groups excluding tert-OH is 1. The fourth-order valence-corrected chi connectivity index (χ4v) is 3.21. The Hall–Kier alpha value is -2.11. The van der Waals surface area contributed by atoms with Gasteiger partial charge in [-0.15, -0.1) is 0 Å². The van der Waals surface area contributed by atoms with E-state index in [1.54, 1.807) is 0 Å². The minimum absolute atomic E-state index is 0.208. The van der Waals surface area contributed by atoms with Crippen LogP contribution in [0.15, 0.2) is 48.5 Å². The first-order valence-corrected chi connectivity index (χ1v) is 9.26. The lowest BCUT2D eigenvalue weighted by Crippen LogP contribution is -2.49. The summed E-state index contributed by atoms with van der Waals surface area (Å²) in [6.07, 6.45) is 0.491. The van der Waals surface area contributed by atoms with E-state index in [-0.39, 0.29) is 5.82 Å². The Bertz CT molecular complexity index is 667. The minimum atomic E-state index is -0.516. The number of aliphatic hydroxyl groups is 1. The van der Waals surface area contributed by atoms with E-state index in [4.69, 9.17) is 4.74 Å². The van der Waals surface area contributed by atoms with E-state index < -0.39 is 6.10 Å². The van der Waals surface area contributed by atoms with Crippen LogP contribution in [0.4, 0.5) is 10.1 Å². The number of halogens is 1. The molecule has 1 N–H and O–H groups in total. The van der Waals surface area contributed by atoms with E-state index in [0.717, 1.165) is 44.0 Å². The second kappa shape index (κ2) is 9.01. The van der Waals surface area contributed by atoms with E-state index in [2.05, 4.69) is 28.9 Å². The summed E-state index contributed by atoms with van der Waals surface area (Å²) in [5.74, 6) is 0.585. The molecule has 4 nitrogen and oxygen atoms in total. The van der Waals surface area contributed by atoms with Crippen LogP contribution in [0.3, 0.4) is 0 Å². The van der Waals surface area contributed by atoms with Gasteiger partial charge in [0.2, 0.25) is 0 Å². The molecular formula is C21H27FN2O2. The molecule has 26 heavy (non-hydrogen) atoms. The van der Waals surface area contributed by atoms with Gasteiger partial charge in [0, 0.05) is 38.4 Å². The van der Waals surface area contributed by atoms with Crippen molar-refractivity contribution in [3.63, 3.8) is 0 Å². The van der Waals surface area contributed by atoms with E-state index >= 15 is 0 Å². The molecule has 2 aromatic rings. The van der Waals surface area contributed by atoms with Crippen LogP contribution in [0.5, 0.6) is 5.75 Å². The van der Waals surface area contributed by atoms with Gasteiger partial charge in [-0.25, -0.2) is 4.39 Å². The van der Waals surface area contributed by atoms with Crippen molar-refractivity contribution in [2.24, 2.45) is 0 Å². The zero-order chi connectivity index (χ0) is 18.4. The molecule has 0 amide bonds. The Labute approximate surface area is 154 Å².